The molecule has 1 unspecified atom stereocenters. The fourth-order valence-corrected chi connectivity index (χ4v) is 1.77. The predicted octanol–water partition coefficient (Wildman–Crippen LogP) is 2.89. The molecule has 0 amide bonds. The van der Waals surface area contributed by atoms with Crippen LogP contribution in [0.5, 0.6) is 0 Å². The Balaban J connectivity index is 3.94. The van der Waals surface area contributed by atoms with E-state index in [1.54, 1.807) is 0 Å². The van der Waals surface area contributed by atoms with Gasteiger partial charge in [0, 0.05) is 5.54 Å². The first-order chi connectivity index (χ1) is 7.58. The first kappa shape index (κ1) is 15.4. The second-order valence-corrected chi connectivity index (χ2v) is 4.60. The molecule has 0 bridgehead atoms. The Morgan fingerprint density at radius 3 is 2.44 bits per heavy atom. The number of carbonyl (C=O) groups excluding carboxylic acids is 1. The van der Waals surface area contributed by atoms with E-state index in [-0.39, 0.29) is 11.5 Å². The fraction of sp³-hybridized carbons (Fsp3) is 0.923. The number of ether oxygens (including phenoxy) is 1. The summed E-state index contributed by atoms with van der Waals surface area (Å²) in [5.41, 5.74) is -0.111. The van der Waals surface area contributed by atoms with E-state index in [1.165, 1.54) is 25.7 Å². The second kappa shape index (κ2) is 8.57. The molecule has 0 aliphatic rings. The monoisotopic (exact) mass is 229 g/mol. The minimum atomic E-state index is -0.111. The van der Waals surface area contributed by atoms with Crippen LogP contribution in [0.15, 0.2) is 0 Å². The maximum absolute atomic E-state index is 11.4. The van der Waals surface area contributed by atoms with Crippen molar-refractivity contribution in [2.24, 2.45) is 0 Å². The number of hydrogen-bond acceptors (Lipinski definition) is 3. The van der Waals surface area contributed by atoms with Crippen LogP contribution in [0.1, 0.15) is 59.3 Å². The molecule has 0 heterocycles. The summed E-state index contributed by atoms with van der Waals surface area (Å²) in [4.78, 5) is 11.4. The molecule has 0 radical (unpaired) electrons. The third-order valence-corrected chi connectivity index (χ3v) is 3.03. The molecule has 0 rings (SSSR count). The summed E-state index contributed by atoms with van der Waals surface area (Å²) in [5, 5.41) is 3.24. The lowest BCUT2D eigenvalue weighted by molar-refractivity contribution is -0.144. The van der Waals surface area contributed by atoms with Crippen LogP contribution in [-0.4, -0.2) is 25.2 Å². The van der Waals surface area contributed by atoms with Gasteiger partial charge in [0.15, 0.2) is 0 Å². The highest BCUT2D eigenvalue weighted by atomic mass is 16.5. The predicted molar refractivity (Wildman–Crippen MR) is 67.5 cm³/mol. The fourth-order valence-electron chi connectivity index (χ4n) is 1.77. The number of rotatable bonds is 9. The minimum Gasteiger partial charge on any atom is -0.466 e. The Bertz CT molecular complexity index is 194. The van der Waals surface area contributed by atoms with Crippen LogP contribution < -0.4 is 5.32 Å². The van der Waals surface area contributed by atoms with Gasteiger partial charge in [-0.25, -0.2) is 0 Å². The summed E-state index contributed by atoms with van der Waals surface area (Å²) >= 11 is 0. The molecule has 0 aliphatic carbocycles. The van der Waals surface area contributed by atoms with E-state index in [1.807, 2.05) is 14.0 Å². The van der Waals surface area contributed by atoms with Crippen molar-refractivity contribution >= 4 is 5.97 Å². The highest BCUT2D eigenvalue weighted by molar-refractivity contribution is 5.70. The van der Waals surface area contributed by atoms with E-state index in [9.17, 15) is 4.79 Å². The molecular formula is C13H27NO2. The van der Waals surface area contributed by atoms with Gasteiger partial charge in [-0.15, -0.1) is 0 Å². The van der Waals surface area contributed by atoms with Gasteiger partial charge in [-0.05, 0) is 27.3 Å². The van der Waals surface area contributed by atoms with Gasteiger partial charge in [-0.1, -0.05) is 32.6 Å². The highest BCUT2D eigenvalue weighted by Crippen LogP contribution is 2.19. The van der Waals surface area contributed by atoms with Crippen LogP contribution in [-0.2, 0) is 9.53 Å². The standard InChI is InChI=1S/C13H27NO2/c1-5-7-8-9-10-13(3,14-4)11-12(15)16-6-2/h14H,5-11H2,1-4H3. The summed E-state index contributed by atoms with van der Waals surface area (Å²) in [6.07, 6.45) is 6.43. The molecule has 0 saturated carbocycles. The normalized spacial score (nSPS) is 14.5. The minimum absolute atomic E-state index is 0.102. The van der Waals surface area contributed by atoms with Crippen LogP contribution in [0, 0.1) is 0 Å². The van der Waals surface area contributed by atoms with Crippen LogP contribution >= 0.6 is 0 Å². The molecule has 1 atom stereocenters. The molecule has 0 aliphatic heterocycles. The Hall–Kier alpha value is -0.570. The van der Waals surface area contributed by atoms with Crippen LogP contribution in [0.3, 0.4) is 0 Å². The van der Waals surface area contributed by atoms with E-state index in [4.69, 9.17) is 4.74 Å². The summed E-state index contributed by atoms with van der Waals surface area (Å²) < 4.78 is 4.99. The van der Waals surface area contributed by atoms with Crippen molar-refractivity contribution in [1.29, 1.82) is 0 Å². The molecule has 16 heavy (non-hydrogen) atoms. The smallest absolute Gasteiger partial charge is 0.307 e. The molecule has 0 aromatic rings. The first-order valence-corrected chi connectivity index (χ1v) is 6.42. The van der Waals surface area contributed by atoms with Gasteiger partial charge in [-0.3, -0.25) is 4.79 Å². The van der Waals surface area contributed by atoms with E-state index < -0.39 is 0 Å². The van der Waals surface area contributed by atoms with Crippen molar-refractivity contribution in [3.05, 3.63) is 0 Å². The van der Waals surface area contributed by atoms with Gasteiger partial charge < -0.3 is 10.1 Å². The third kappa shape index (κ3) is 6.83. The van der Waals surface area contributed by atoms with Crippen LogP contribution in [0.25, 0.3) is 0 Å². The van der Waals surface area contributed by atoms with Gasteiger partial charge >= 0.3 is 5.97 Å². The topological polar surface area (TPSA) is 38.3 Å². The maximum atomic E-state index is 11.4. The number of carbonyl (C=O) groups is 1. The number of nitrogens with one attached hydrogen (secondary N) is 1. The van der Waals surface area contributed by atoms with E-state index in [0.29, 0.717) is 13.0 Å². The third-order valence-electron chi connectivity index (χ3n) is 3.03. The van der Waals surface area contributed by atoms with Crippen molar-refractivity contribution in [3.8, 4) is 0 Å². The van der Waals surface area contributed by atoms with Gasteiger partial charge in [0.05, 0.1) is 13.0 Å². The van der Waals surface area contributed by atoms with E-state index in [0.717, 1.165) is 6.42 Å². The van der Waals surface area contributed by atoms with Crippen LogP contribution in [0.2, 0.25) is 0 Å². The Morgan fingerprint density at radius 1 is 1.25 bits per heavy atom. The van der Waals surface area contributed by atoms with Crippen molar-refractivity contribution in [2.45, 2.75) is 64.8 Å². The van der Waals surface area contributed by atoms with Crippen molar-refractivity contribution in [2.75, 3.05) is 13.7 Å². The number of unbranched alkanes of at least 4 members (excludes halogenated alkanes) is 3. The van der Waals surface area contributed by atoms with Crippen molar-refractivity contribution < 1.29 is 9.53 Å². The van der Waals surface area contributed by atoms with Gasteiger partial charge in [-0.2, -0.15) is 0 Å². The number of esters is 1. The number of hydrogen-bond donors (Lipinski definition) is 1. The molecule has 1 N–H and O–H groups in total. The molecule has 0 aromatic heterocycles. The average Bonchev–Trinajstić information content (AvgIpc) is 2.25. The molecule has 96 valence electrons. The zero-order chi connectivity index (χ0) is 12.4. The molecule has 3 heteroatoms. The SMILES string of the molecule is CCCCCCC(C)(CC(=O)OCC)NC. The zero-order valence-electron chi connectivity index (χ0n) is 11.3. The first-order valence-electron chi connectivity index (χ1n) is 6.42. The quantitative estimate of drug-likeness (QED) is 0.488. The van der Waals surface area contributed by atoms with Crippen LogP contribution in [0.4, 0.5) is 0 Å². The zero-order valence-corrected chi connectivity index (χ0v) is 11.3. The lowest BCUT2D eigenvalue weighted by atomic mass is 9.91. The van der Waals surface area contributed by atoms with Gasteiger partial charge in [0.25, 0.3) is 0 Å². The lowest BCUT2D eigenvalue weighted by Gasteiger charge is -2.28. The molecule has 0 aromatic carbocycles. The molecular weight excluding hydrogens is 202 g/mol. The summed E-state index contributed by atoms with van der Waals surface area (Å²) in [5.74, 6) is -0.102. The molecule has 0 fully saturated rings. The Kier molecular flexibility index (Phi) is 8.26. The average molecular weight is 229 g/mol. The van der Waals surface area contributed by atoms with Crippen molar-refractivity contribution in [3.63, 3.8) is 0 Å². The summed E-state index contributed by atoms with van der Waals surface area (Å²) in [7, 11) is 1.92. The van der Waals surface area contributed by atoms with E-state index >= 15 is 0 Å². The van der Waals surface area contributed by atoms with Crippen molar-refractivity contribution in [1.82, 2.24) is 5.32 Å². The second-order valence-electron chi connectivity index (χ2n) is 4.60. The summed E-state index contributed by atoms with van der Waals surface area (Å²) in [6.45, 7) is 6.61. The largest absolute Gasteiger partial charge is 0.466 e. The van der Waals surface area contributed by atoms with Gasteiger partial charge in [0.2, 0.25) is 0 Å². The van der Waals surface area contributed by atoms with Gasteiger partial charge in [0.1, 0.15) is 0 Å². The Morgan fingerprint density at radius 2 is 1.94 bits per heavy atom. The van der Waals surface area contributed by atoms with E-state index in [2.05, 4.69) is 19.2 Å². The molecule has 0 saturated heterocycles. The molecule has 0 spiro atoms. The summed E-state index contributed by atoms with van der Waals surface area (Å²) in [6, 6.07) is 0. The highest BCUT2D eigenvalue weighted by Gasteiger charge is 2.25. The maximum Gasteiger partial charge on any atom is 0.307 e. The Labute approximate surface area is 99.9 Å². The lowest BCUT2D eigenvalue weighted by Crippen LogP contribution is -2.42. The molecule has 3 nitrogen and oxygen atoms in total.